The second kappa shape index (κ2) is 6.29. The van der Waals surface area contributed by atoms with E-state index < -0.39 is 24.0 Å². The second-order valence-corrected chi connectivity index (χ2v) is 4.64. The van der Waals surface area contributed by atoms with E-state index in [2.05, 4.69) is 15.3 Å². The molecule has 0 radical (unpaired) electrons. The molecule has 1 saturated heterocycles. The third-order valence-electron chi connectivity index (χ3n) is 3.36. The molecule has 8 nitrogen and oxygen atoms in total. The highest BCUT2D eigenvalue weighted by molar-refractivity contribution is 5.93. The lowest BCUT2D eigenvalue weighted by molar-refractivity contribution is -0.150. The molecule has 112 valence electrons. The van der Waals surface area contributed by atoms with E-state index in [0.717, 1.165) is 0 Å². The second-order valence-electron chi connectivity index (χ2n) is 4.64. The topological polar surface area (TPSA) is 101 Å². The SMILES string of the molecule is COC(=O)C1C(NC(=O)c2cnccn2)CCN1C(C)=O. The minimum atomic E-state index is -0.812. The lowest BCUT2D eigenvalue weighted by atomic mass is 10.1. The van der Waals surface area contributed by atoms with Gasteiger partial charge in [-0.05, 0) is 6.42 Å². The maximum absolute atomic E-state index is 12.1. The van der Waals surface area contributed by atoms with Crippen molar-refractivity contribution in [2.75, 3.05) is 13.7 Å². The first-order valence-electron chi connectivity index (χ1n) is 6.46. The zero-order valence-electron chi connectivity index (χ0n) is 11.8. The highest BCUT2D eigenvalue weighted by atomic mass is 16.5. The predicted octanol–water partition coefficient (Wildman–Crippen LogP) is -0.631. The van der Waals surface area contributed by atoms with Crippen LogP contribution in [-0.2, 0) is 14.3 Å². The number of hydrogen-bond donors (Lipinski definition) is 1. The molecule has 8 heteroatoms. The van der Waals surface area contributed by atoms with Gasteiger partial charge >= 0.3 is 5.97 Å². The number of likely N-dealkylation sites (tertiary alicyclic amines) is 1. The number of amides is 2. The first kappa shape index (κ1) is 14.9. The third kappa shape index (κ3) is 3.15. The van der Waals surface area contributed by atoms with Gasteiger partial charge in [-0.3, -0.25) is 14.6 Å². The number of ether oxygens (including phenoxy) is 1. The predicted molar refractivity (Wildman–Crippen MR) is 71.1 cm³/mol. The summed E-state index contributed by atoms with van der Waals surface area (Å²) in [5.74, 6) is -1.22. The Balaban J connectivity index is 2.13. The summed E-state index contributed by atoms with van der Waals surface area (Å²) in [6.07, 6.45) is 4.68. The number of carbonyl (C=O) groups excluding carboxylic acids is 3. The molecular formula is C13H16N4O4. The number of methoxy groups -OCH3 is 1. The number of nitrogens with one attached hydrogen (secondary N) is 1. The van der Waals surface area contributed by atoms with Crippen LogP contribution in [-0.4, -0.2) is 58.4 Å². The van der Waals surface area contributed by atoms with E-state index in [1.54, 1.807) is 0 Å². The van der Waals surface area contributed by atoms with Crippen LogP contribution in [0.3, 0.4) is 0 Å². The van der Waals surface area contributed by atoms with Gasteiger partial charge in [0, 0.05) is 25.9 Å². The molecule has 0 aliphatic carbocycles. The summed E-state index contributed by atoms with van der Waals surface area (Å²) in [7, 11) is 1.25. The van der Waals surface area contributed by atoms with Crippen LogP contribution in [0.4, 0.5) is 0 Å². The van der Waals surface area contributed by atoms with Gasteiger partial charge in [0.1, 0.15) is 11.7 Å². The number of hydrogen-bond acceptors (Lipinski definition) is 6. The van der Waals surface area contributed by atoms with Crippen molar-refractivity contribution in [1.29, 1.82) is 0 Å². The number of esters is 1. The molecule has 1 aromatic rings. The summed E-state index contributed by atoms with van der Waals surface area (Å²) in [5, 5.41) is 2.71. The van der Waals surface area contributed by atoms with E-state index in [4.69, 9.17) is 4.74 Å². The fraction of sp³-hybridized carbons (Fsp3) is 0.462. The standard InChI is InChI=1S/C13H16N4O4/c1-8(18)17-6-3-9(11(17)13(20)21-2)16-12(19)10-7-14-4-5-15-10/h4-5,7,9,11H,3,6H2,1-2H3,(H,16,19). The minimum Gasteiger partial charge on any atom is -0.467 e. The largest absolute Gasteiger partial charge is 0.467 e. The fourth-order valence-corrected chi connectivity index (χ4v) is 2.37. The van der Waals surface area contributed by atoms with E-state index in [9.17, 15) is 14.4 Å². The normalized spacial score (nSPS) is 21.0. The van der Waals surface area contributed by atoms with Crippen LogP contribution in [0.15, 0.2) is 18.6 Å². The number of carbonyl (C=O) groups is 3. The summed E-state index contributed by atoms with van der Waals surface area (Å²) in [5.41, 5.74) is 0.155. The Hall–Kier alpha value is -2.51. The Labute approximate surface area is 121 Å². The smallest absolute Gasteiger partial charge is 0.330 e. The molecule has 2 amide bonds. The number of nitrogens with zero attached hydrogens (tertiary/aromatic N) is 3. The zero-order chi connectivity index (χ0) is 15.4. The van der Waals surface area contributed by atoms with E-state index >= 15 is 0 Å². The molecule has 2 atom stereocenters. The molecule has 1 fully saturated rings. The van der Waals surface area contributed by atoms with Crippen molar-refractivity contribution in [3.63, 3.8) is 0 Å². The summed E-state index contributed by atoms with van der Waals surface area (Å²) in [6.45, 7) is 1.77. The Kier molecular flexibility index (Phi) is 4.46. The van der Waals surface area contributed by atoms with E-state index in [1.165, 1.54) is 37.5 Å². The molecule has 2 heterocycles. The van der Waals surface area contributed by atoms with Crippen LogP contribution in [0.1, 0.15) is 23.8 Å². The lowest BCUT2D eigenvalue weighted by Crippen LogP contribution is -2.51. The van der Waals surface area contributed by atoms with Crippen LogP contribution < -0.4 is 5.32 Å². The van der Waals surface area contributed by atoms with Crippen molar-refractivity contribution in [2.24, 2.45) is 0 Å². The maximum Gasteiger partial charge on any atom is 0.330 e. The molecule has 21 heavy (non-hydrogen) atoms. The quantitative estimate of drug-likeness (QED) is 0.744. The molecular weight excluding hydrogens is 276 g/mol. The maximum atomic E-state index is 12.1. The van der Waals surface area contributed by atoms with Crippen LogP contribution >= 0.6 is 0 Å². The zero-order valence-corrected chi connectivity index (χ0v) is 11.8. The van der Waals surface area contributed by atoms with Gasteiger partial charge in [0.25, 0.3) is 5.91 Å². The summed E-state index contributed by atoms with van der Waals surface area (Å²) in [6, 6.07) is -1.32. The molecule has 1 aliphatic heterocycles. The van der Waals surface area contributed by atoms with E-state index in [0.29, 0.717) is 13.0 Å². The average molecular weight is 292 g/mol. The van der Waals surface area contributed by atoms with Crippen molar-refractivity contribution >= 4 is 17.8 Å². The first-order valence-corrected chi connectivity index (χ1v) is 6.46. The van der Waals surface area contributed by atoms with Gasteiger partial charge in [-0.1, -0.05) is 0 Å². The Morgan fingerprint density at radius 3 is 2.71 bits per heavy atom. The molecule has 0 spiro atoms. The molecule has 2 rings (SSSR count). The third-order valence-corrected chi connectivity index (χ3v) is 3.36. The Morgan fingerprint density at radius 2 is 2.14 bits per heavy atom. The van der Waals surface area contributed by atoms with Crippen LogP contribution in [0, 0.1) is 0 Å². The van der Waals surface area contributed by atoms with Gasteiger partial charge in [-0.25, -0.2) is 9.78 Å². The van der Waals surface area contributed by atoms with Gasteiger partial charge in [0.05, 0.1) is 19.3 Å². The van der Waals surface area contributed by atoms with Gasteiger partial charge in [-0.2, -0.15) is 0 Å². The highest BCUT2D eigenvalue weighted by Gasteiger charge is 2.42. The number of rotatable bonds is 3. The summed E-state index contributed by atoms with van der Waals surface area (Å²) >= 11 is 0. The number of aromatic nitrogens is 2. The van der Waals surface area contributed by atoms with Crippen molar-refractivity contribution in [2.45, 2.75) is 25.4 Å². The minimum absolute atomic E-state index is 0.155. The van der Waals surface area contributed by atoms with Gasteiger partial charge < -0.3 is 15.0 Å². The molecule has 0 saturated carbocycles. The van der Waals surface area contributed by atoms with Crippen LogP contribution in [0.2, 0.25) is 0 Å². The Bertz CT molecular complexity index is 548. The lowest BCUT2D eigenvalue weighted by Gasteiger charge is -2.25. The summed E-state index contributed by atoms with van der Waals surface area (Å²) < 4.78 is 4.72. The molecule has 1 aromatic heterocycles. The average Bonchev–Trinajstić information content (AvgIpc) is 2.91. The monoisotopic (exact) mass is 292 g/mol. The van der Waals surface area contributed by atoms with Crippen molar-refractivity contribution < 1.29 is 19.1 Å². The van der Waals surface area contributed by atoms with Crippen molar-refractivity contribution in [1.82, 2.24) is 20.2 Å². The Morgan fingerprint density at radius 1 is 1.38 bits per heavy atom. The van der Waals surface area contributed by atoms with E-state index in [1.807, 2.05) is 0 Å². The van der Waals surface area contributed by atoms with Gasteiger partial charge in [0.2, 0.25) is 5.91 Å². The van der Waals surface area contributed by atoms with Gasteiger partial charge in [-0.15, -0.1) is 0 Å². The van der Waals surface area contributed by atoms with Crippen molar-refractivity contribution in [3.8, 4) is 0 Å². The molecule has 0 aromatic carbocycles. The molecule has 2 unspecified atom stereocenters. The van der Waals surface area contributed by atoms with E-state index in [-0.39, 0.29) is 11.6 Å². The van der Waals surface area contributed by atoms with Crippen molar-refractivity contribution in [3.05, 3.63) is 24.3 Å². The van der Waals surface area contributed by atoms with Gasteiger partial charge in [0.15, 0.2) is 0 Å². The van der Waals surface area contributed by atoms with Crippen LogP contribution in [0.5, 0.6) is 0 Å². The molecule has 0 bridgehead atoms. The van der Waals surface area contributed by atoms with Crippen LogP contribution in [0.25, 0.3) is 0 Å². The molecule has 1 N–H and O–H groups in total. The molecule has 1 aliphatic rings. The first-order chi connectivity index (χ1) is 10.0. The summed E-state index contributed by atoms with van der Waals surface area (Å²) in [4.78, 5) is 44.6. The highest BCUT2D eigenvalue weighted by Crippen LogP contribution is 2.20. The fourth-order valence-electron chi connectivity index (χ4n) is 2.37.